The van der Waals surface area contributed by atoms with Crippen molar-refractivity contribution in [2.24, 2.45) is 5.73 Å². The maximum Gasteiger partial charge on any atom is 0.341 e. The van der Waals surface area contributed by atoms with Gasteiger partial charge in [-0.3, -0.25) is 0 Å². The van der Waals surface area contributed by atoms with Crippen molar-refractivity contribution < 1.29 is 22.7 Å². The minimum atomic E-state index is -3.68. The van der Waals surface area contributed by atoms with E-state index in [-0.39, 0.29) is 28.3 Å². The molecule has 1 saturated carbocycles. The van der Waals surface area contributed by atoms with Crippen LogP contribution >= 0.6 is 0 Å². The van der Waals surface area contributed by atoms with Crippen LogP contribution in [0, 0.1) is 0 Å². The molecule has 128 valence electrons. The number of hydrogen-bond donors (Lipinski definition) is 2. The SMILES string of the molecule is COC(=O)c1ccc(S(=O)(=O)NC2CCC(N)CC2)cc1OC. The predicted octanol–water partition coefficient (Wildman–Crippen LogP) is 1.03. The molecular weight excluding hydrogens is 320 g/mol. The highest BCUT2D eigenvalue weighted by molar-refractivity contribution is 7.89. The Kier molecular flexibility index (Phi) is 5.61. The first-order valence-electron chi connectivity index (χ1n) is 7.41. The number of sulfonamides is 1. The van der Waals surface area contributed by atoms with Crippen LogP contribution in [0.4, 0.5) is 0 Å². The molecule has 0 radical (unpaired) electrons. The molecule has 23 heavy (non-hydrogen) atoms. The first kappa shape index (κ1) is 17.7. The van der Waals surface area contributed by atoms with E-state index in [1.807, 2.05) is 0 Å². The lowest BCUT2D eigenvalue weighted by atomic mass is 9.93. The summed E-state index contributed by atoms with van der Waals surface area (Å²) >= 11 is 0. The van der Waals surface area contributed by atoms with Crippen molar-refractivity contribution in [3.05, 3.63) is 23.8 Å². The summed E-state index contributed by atoms with van der Waals surface area (Å²) in [7, 11) is -1.06. The number of carbonyl (C=O) groups excluding carboxylic acids is 1. The Bertz CT molecular complexity index is 666. The molecule has 0 aromatic heterocycles. The molecule has 8 heteroatoms. The van der Waals surface area contributed by atoms with Gasteiger partial charge in [-0.05, 0) is 37.8 Å². The van der Waals surface area contributed by atoms with Gasteiger partial charge in [0.05, 0.1) is 19.1 Å². The van der Waals surface area contributed by atoms with Crippen molar-refractivity contribution in [3.63, 3.8) is 0 Å². The Labute approximate surface area is 136 Å². The predicted molar refractivity (Wildman–Crippen MR) is 84.9 cm³/mol. The van der Waals surface area contributed by atoms with Crippen molar-refractivity contribution in [2.45, 2.75) is 42.7 Å². The first-order chi connectivity index (χ1) is 10.9. The molecule has 7 nitrogen and oxygen atoms in total. The van der Waals surface area contributed by atoms with Gasteiger partial charge in [0.15, 0.2) is 0 Å². The Morgan fingerprint density at radius 3 is 2.43 bits per heavy atom. The van der Waals surface area contributed by atoms with Crippen LogP contribution in [0.5, 0.6) is 5.75 Å². The molecule has 2 rings (SSSR count). The number of benzene rings is 1. The second kappa shape index (κ2) is 7.29. The molecular formula is C15H22N2O5S. The van der Waals surface area contributed by atoms with E-state index in [4.69, 9.17) is 10.5 Å². The molecule has 0 aliphatic heterocycles. The summed E-state index contributed by atoms with van der Waals surface area (Å²) in [6, 6.07) is 4.10. The lowest BCUT2D eigenvalue weighted by molar-refractivity contribution is 0.0597. The summed E-state index contributed by atoms with van der Waals surface area (Å²) in [6.07, 6.45) is 3.05. The van der Waals surface area contributed by atoms with Crippen LogP contribution in [0.15, 0.2) is 23.1 Å². The monoisotopic (exact) mass is 342 g/mol. The average Bonchev–Trinajstić information content (AvgIpc) is 2.55. The minimum Gasteiger partial charge on any atom is -0.496 e. The van der Waals surface area contributed by atoms with Gasteiger partial charge >= 0.3 is 5.97 Å². The molecule has 1 aromatic rings. The largest absolute Gasteiger partial charge is 0.496 e. The number of nitrogens with two attached hydrogens (primary N) is 1. The van der Waals surface area contributed by atoms with E-state index in [0.29, 0.717) is 0 Å². The number of esters is 1. The second-order valence-corrected chi connectivity index (χ2v) is 7.30. The zero-order valence-corrected chi connectivity index (χ0v) is 14.1. The number of nitrogens with one attached hydrogen (secondary N) is 1. The van der Waals surface area contributed by atoms with Gasteiger partial charge < -0.3 is 15.2 Å². The fraction of sp³-hybridized carbons (Fsp3) is 0.533. The van der Waals surface area contributed by atoms with Crippen LogP contribution in [0.3, 0.4) is 0 Å². The van der Waals surface area contributed by atoms with Gasteiger partial charge in [0.25, 0.3) is 0 Å². The summed E-state index contributed by atoms with van der Waals surface area (Å²) in [4.78, 5) is 11.7. The molecule has 0 amide bonds. The lowest BCUT2D eigenvalue weighted by Crippen LogP contribution is -2.40. The number of carbonyl (C=O) groups is 1. The molecule has 0 bridgehead atoms. The fourth-order valence-electron chi connectivity index (χ4n) is 2.64. The van der Waals surface area contributed by atoms with Gasteiger partial charge in [-0.25, -0.2) is 17.9 Å². The van der Waals surface area contributed by atoms with Gasteiger partial charge in [0, 0.05) is 18.2 Å². The van der Waals surface area contributed by atoms with E-state index in [2.05, 4.69) is 9.46 Å². The molecule has 1 aromatic carbocycles. The highest BCUT2D eigenvalue weighted by atomic mass is 32.2. The number of ether oxygens (including phenoxy) is 2. The minimum absolute atomic E-state index is 0.0527. The number of hydrogen-bond acceptors (Lipinski definition) is 6. The third-order valence-electron chi connectivity index (χ3n) is 3.98. The van der Waals surface area contributed by atoms with Crippen LogP contribution in [0.25, 0.3) is 0 Å². The first-order valence-corrected chi connectivity index (χ1v) is 8.90. The highest BCUT2D eigenvalue weighted by Crippen LogP contribution is 2.25. The molecule has 0 spiro atoms. The van der Waals surface area contributed by atoms with E-state index in [1.165, 1.54) is 32.4 Å². The second-order valence-electron chi connectivity index (χ2n) is 5.59. The maximum absolute atomic E-state index is 12.5. The summed E-state index contributed by atoms with van der Waals surface area (Å²) in [5.41, 5.74) is 6.01. The van der Waals surface area contributed by atoms with Crippen molar-refractivity contribution in [1.82, 2.24) is 4.72 Å². The van der Waals surface area contributed by atoms with Crippen molar-refractivity contribution >= 4 is 16.0 Å². The zero-order valence-electron chi connectivity index (χ0n) is 13.2. The van der Waals surface area contributed by atoms with Crippen LogP contribution in [0.2, 0.25) is 0 Å². The third kappa shape index (κ3) is 4.21. The van der Waals surface area contributed by atoms with Gasteiger partial charge in [-0.15, -0.1) is 0 Å². The van der Waals surface area contributed by atoms with E-state index in [9.17, 15) is 13.2 Å². The topological polar surface area (TPSA) is 108 Å². The standard InChI is InChI=1S/C15H22N2O5S/c1-21-14-9-12(7-8-13(14)15(18)22-2)23(19,20)17-11-5-3-10(16)4-6-11/h7-11,17H,3-6,16H2,1-2H3. The molecule has 3 N–H and O–H groups in total. The number of methoxy groups -OCH3 is 2. The maximum atomic E-state index is 12.5. The number of rotatable bonds is 5. The zero-order chi connectivity index (χ0) is 17.0. The third-order valence-corrected chi connectivity index (χ3v) is 5.50. The Morgan fingerprint density at radius 2 is 1.87 bits per heavy atom. The van der Waals surface area contributed by atoms with Gasteiger partial charge in [-0.1, -0.05) is 0 Å². The molecule has 0 unspecified atom stereocenters. The van der Waals surface area contributed by atoms with Crippen molar-refractivity contribution in [3.8, 4) is 5.75 Å². The van der Waals surface area contributed by atoms with E-state index < -0.39 is 16.0 Å². The Balaban J connectivity index is 2.21. The van der Waals surface area contributed by atoms with Crippen LogP contribution in [-0.4, -0.2) is 40.7 Å². The Hall–Kier alpha value is -1.64. The summed E-state index contributed by atoms with van der Waals surface area (Å²) in [5, 5.41) is 0. The highest BCUT2D eigenvalue weighted by Gasteiger charge is 2.25. The van der Waals surface area contributed by atoms with Gasteiger partial charge in [-0.2, -0.15) is 0 Å². The van der Waals surface area contributed by atoms with E-state index in [1.54, 1.807) is 0 Å². The molecule has 0 atom stereocenters. The quantitative estimate of drug-likeness (QED) is 0.774. The van der Waals surface area contributed by atoms with Crippen LogP contribution in [-0.2, 0) is 14.8 Å². The van der Waals surface area contributed by atoms with Crippen molar-refractivity contribution in [1.29, 1.82) is 0 Å². The van der Waals surface area contributed by atoms with E-state index >= 15 is 0 Å². The lowest BCUT2D eigenvalue weighted by Gasteiger charge is -2.26. The summed E-state index contributed by atoms with van der Waals surface area (Å²) < 4.78 is 37.4. The molecule has 0 heterocycles. The average molecular weight is 342 g/mol. The van der Waals surface area contributed by atoms with Crippen molar-refractivity contribution in [2.75, 3.05) is 14.2 Å². The summed E-state index contributed by atoms with van der Waals surface area (Å²) in [5.74, 6) is -0.426. The smallest absolute Gasteiger partial charge is 0.341 e. The van der Waals surface area contributed by atoms with E-state index in [0.717, 1.165) is 25.7 Å². The molecule has 1 aliphatic carbocycles. The molecule has 0 saturated heterocycles. The Morgan fingerprint density at radius 1 is 1.22 bits per heavy atom. The van der Waals surface area contributed by atoms with Gasteiger partial charge in [0.2, 0.25) is 10.0 Å². The van der Waals surface area contributed by atoms with Gasteiger partial charge in [0.1, 0.15) is 11.3 Å². The fourth-order valence-corrected chi connectivity index (χ4v) is 3.96. The van der Waals surface area contributed by atoms with Crippen LogP contribution in [0.1, 0.15) is 36.0 Å². The normalized spacial score (nSPS) is 21.7. The molecule has 1 fully saturated rings. The summed E-state index contributed by atoms with van der Waals surface area (Å²) in [6.45, 7) is 0. The molecule has 1 aliphatic rings. The van der Waals surface area contributed by atoms with Crippen LogP contribution < -0.4 is 15.2 Å².